The zero-order valence-electron chi connectivity index (χ0n) is 16.2. The summed E-state index contributed by atoms with van der Waals surface area (Å²) >= 11 is 0. The highest BCUT2D eigenvalue weighted by Crippen LogP contribution is 2.23. The van der Waals surface area contributed by atoms with Gasteiger partial charge < -0.3 is 19.4 Å². The van der Waals surface area contributed by atoms with E-state index in [2.05, 4.69) is 4.98 Å². The van der Waals surface area contributed by atoms with Crippen molar-refractivity contribution in [3.8, 4) is 0 Å². The second kappa shape index (κ2) is 8.49. The van der Waals surface area contributed by atoms with Crippen LogP contribution in [0, 0.1) is 13.8 Å². The van der Waals surface area contributed by atoms with Crippen LogP contribution >= 0.6 is 0 Å². The summed E-state index contributed by atoms with van der Waals surface area (Å²) in [6, 6.07) is -0.634. The maximum absolute atomic E-state index is 13.1. The maximum Gasteiger partial charge on any atom is 0.354 e. The second-order valence-corrected chi connectivity index (χ2v) is 6.69. The van der Waals surface area contributed by atoms with Crippen LogP contribution in [0.5, 0.6) is 0 Å². The van der Waals surface area contributed by atoms with Crippen molar-refractivity contribution in [1.29, 1.82) is 0 Å². The van der Waals surface area contributed by atoms with E-state index < -0.39 is 12.0 Å². The zero-order valence-corrected chi connectivity index (χ0v) is 16.2. The topological polar surface area (TPSA) is 88.7 Å². The predicted molar refractivity (Wildman–Crippen MR) is 96.4 cm³/mol. The summed E-state index contributed by atoms with van der Waals surface area (Å²) < 4.78 is 10.4. The van der Waals surface area contributed by atoms with E-state index in [4.69, 9.17) is 9.47 Å². The number of rotatable bonds is 7. The molecule has 1 aromatic heterocycles. The summed E-state index contributed by atoms with van der Waals surface area (Å²) in [5.41, 5.74) is 1.86. The molecule has 1 saturated heterocycles. The number of aromatic nitrogens is 1. The van der Waals surface area contributed by atoms with Crippen LogP contribution in [0.25, 0.3) is 0 Å². The molecule has 0 aliphatic carbocycles. The Morgan fingerprint density at radius 1 is 1.35 bits per heavy atom. The van der Waals surface area contributed by atoms with Gasteiger partial charge in [-0.2, -0.15) is 0 Å². The fourth-order valence-corrected chi connectivity index (χ4v) is 3.46. The molecule has 144 valence electrons. The van der Waals surface area contributed by atoms with Gasteiger partial charge in [-0.1, -0.05) is 6.92 Å². The van der Waals surface area contributed by atoms with Crippen LogP contribution in [0.2, 0.25) is 0 Å². The third-order valence-corrected chi connectivity index (χ3v) is 4.97. The highest BCUT2D eigenvalue weighted by atomic mass is 16.5. The van der Waals surface area contributed by atoms with Crippen molar-refractivity contribution in [2.45, 2.75) is 59.1 Å². The summed E-state index contributed by atoms with van der Waals surface area (Å²) in [5, 5.41) is 0. The Bertz CT molecular complexity index is 688. The SMILES string of the molecule is CCC(=O)N(C[C@@H]1CCCO1)[C@H](C)C(=O)c1c(C)[nH]c(C(=O)OC)c1C. The van der Waals surface area contributed by atoms with Crippen LogP contribution in [0.15, 0.2) is 0 Å². The van der Waals surface area contributed by atoms with Crippen LogP contribution < -0.4 is 0 Å². The fraction of sp³-hybridized carbons (Fsp3) is 0.632. The lowest BCUT2D eigenvalue weighted by Crippen LogP contribution is -2.46. The molecular formula is C19H28N2O5. The summed E-state index contributed by atoms with van der Waals surface area (Å²) in [7, 11) is 1.30. The first kappa shape index (κ1) is 20.2. The number of ether oxygens (including phenoxy) is 2. The highest BCUT2D eigenvalue weighted by Gasteiger charge is 2.32. The van der Waals surface area contributed by atoms with E-state index in [1.807, 2.05) is 0 Å². The van der Waals surface area contributed by atoms with Gasteiger partial charge in [-0.15, -0.1) is 0 Å². The number of hydrogen-bond donors (Lipinski definition) is 1. The number of carbonyl (C=O) groups excluding carboxylic acids is 3. The third-order valence-electron chi connectivity index (χ3n) is 4.97. The molecule has 1 fully saturated rings. The lowest BCUT2D eigenvalue weighted by Gasteiger charge is -2.30. The average molecular weight is 364 g/mol. The molecule has 1 aromatic rings. The van der Waals surface area contributed by atoms with E-state index in [0.717, 1.165) is 12.8 Å². The number of nitrogens with one attached hydrogen (secondary N) is 1. The summed E-state index contributed by atoms with van der Waals surface area (Å²) in [4.78, 5) is 42.0. The van der Waals surface area contributed by atoms with Gasteiger partial charge in [0.2, 0.25) is 5.91 Å². The van der Waals surface area contributed by atoms with Crippen LogP contribution in [0.4, 0.5) is 0 Å². The Hall–Kier alpha value is -2.15. The predicted octanol–water partition coefficient (Wildman–Crippen LogP) is 2.41. The zero-order chi connectivity index (χ0) is 19.4. The molecule has 2 heterocycles. The normalized spacial score (nSPS) is 17.8. The van der Waals surface area contributed by atoms with Crippen LogP contribution in [0.1, 0.15) is 65.2 Å². The monoisotopic (exact) mass is 364 g/mol. The molecule has 1 amide bonds. The minimum atomic E-state index is -0.634. The van der Waals surface area contributed by atoms with Crippen molar-refractivity contribution in [3.63, 3.8) is 0 Å². The van der Waals surface area contributed by atoms with Gasteiger partial charge in [-0.05, 0) is 39.2 Å². The quantitative estimate of drug-likeness (QED) is 0.593. The Kier molecular flexibility index (Phi) is 6.58. The molecule has 1 aliphatic rings. The van der Waals surface area contributed by atoms with Gasteiger partial charge in [0.25, 0.3) is 0 Å². The van der Waals surface area contributed by atoms with Gasteiger partial charge in [0, 0.05) is 30.8 Å². The lowest BCUT2D eigenvalue weighted by atomic mass is 9.99. The van der Waals surface area contributed by atoms with Gasteiger partial charge in [-0.3, -0.25) is 9.59 Å². The van der Waals surface area contributed by atoms with Gasteiger partial charge in [0.15, 0.2) is 5.78 Å². The number of hydrogen-bond acceptors (Lipinski definition) is 5. The smallest absolute Gasteiger partial charge is 0.354 e. The number of esters is 1. The van der Waals surface area contributed by atoms with E-state index in [9.17, 15) is 14.4 Å². The number of ketones is 1. The summed E-state index contributed by atoms with van der Waals surface area (Å²) in [6.07, 6.45) is 2.16. The lowest BCUT2D eigenvalue weighted by molar-refractivity contribution is -0.133. The van der Waals surface area contributed by atoms with Crippen molar-refractivity contribution in [2.24, 2.45) is 0 Å². The molecule has 7 heteroatoms. The number of nitrogens with zero attached hydrogens (tertiary/aromatic N) is 1. The van der Waals surface area contributed by atoms with Crippen molar-refractivity contribution < 1.29 is 23.9 Å². The number of methoxy groups -OCH3 is 1. The number of aromatic amines is 1. The largest absolute Gasteiger partial charge is 0.464 e. The fourth-order valence-electron chi connectivity index (χ4n) is 3.46. The number of H-pyrrole nitrogens is 1. The van der Waals surface area contributed by atoms with E-state index in [0.29, 0.717) is 36.4 Å². The Labute approximate surface area is 154 Å². The maximum atomic E-state index is 13.1. The first-order valence-electron chi connectivity index (χ1n) is 9.04. The molecule has 0 unspecified atom stereocenters. The second-order valence-electron chi connectivity index (χ2n) is 6.69. The number of carbonyl (C=O) groups is 3. The molecule has 1 aliphatic heterocycles. The van der Waals surface area contributed by atoms with E-state index in [1.54, 1.807) is 32.6 Å². The first-order valence-corrected chi connectivity index (χ1v) is 9.04. The molecular weight excluding hydrogens is 336 g/mol. The van der Waals surface area contributed by atoms with E-state index in [1.165, 1.54) is 7.11 Å². The molecule has 2 atom stereocenters. The van der Waals surface area contributed by atoms with E-state index in [-0.39, 0.29) is 23.5 Å². The number of aryl methyl sites for hydroxylation is 1. The van der Waals surface area contributed by atoms with Crippen LogP contribution in [-0.4, -0.2) is 60.0 Å². The number of amides is 1. The van der Waals surface area contributed by atoms with E-state index >= 15 is 0 Å². The first-order chi connectivity index (χ1) is 12.3. The molecule has 1 N–H and O–H groups in total. The molecule has 7 nitrogen and oxygen atoms in total. The average Bonchev–Trinajstić information content (AvgIpc) is 3.24. The molecule has 0 spiro atoms. The van der Waals surface area contributed by atoms with Crippen molar-refractivity contribution in [1.82, 2.24) is 9.88 Å². The number of Topliss-reactive ketones (excluding diaryl/α,β-unsaturated/α-hetero) is 1. The van der Waals surface area contributed by atoms with Crippen molar-refractivity contribution in [2.75, 3.05) is 20.3 Å². The highest BCUT2D eigenvalue weighted by molar-refractivity contribution is 6.06. The standard InChI is InChI=1S/C19H28N2O5/c1-6-15(22)21(10-14-8-7-9-26-14)13(4)18(23)16-11(2)17(19(24)25-5)20-12(16)3/h13-14,20H,6-10H2,1-5H3/t13-,14+/m1/s1. The Morgan fingerprint density at radius 3 is 2.58 bits per heavy atom. The molecule has 26 heavy (non-hydrogen) atoms. The molecule has 0 bridgehead atoms. The third kappa shape index (κ3) is 3.98. The Balaban J connectivity index is 2.29. The van der Waals surface area contributed by atoms with Crippen molar-refractivity contribution in [3.05, 3.63) is 22.5 Å². The van der Waals surface area contributed by atoms with Gasteiger partial charge in [0.05, 0.1) is 19.3 Å². The van der Waals surface area contributed by atoms with Gasteiger partial charge >= 0.3 is 5.97 Å². The van der Waals surface area contributed by atoms with Crippen molar-refractivity contribution >= 4 is 17.7 Å². The van der Waals surface area contributed by atoms with Crippen LogP contribution in [-0.2, 0) is 14.3 Å². The van der Waals surface area contributed by atoms with Gasteiger partial charge in [0.1, 0.15) is 5.69 Å². The molecule has 0 radical (unpaired) electrons. The molecule has 0 aromatic carbocycles. The summed E-state index contributed by atoms with van der Waals surface area (Å²) in [6.45, 7) is 8.07. The summed E-state index contributed by atoms with van der Waals surface area (Å²) in [5.74, 6) is -0.787. The van der Waals surface area contributed by atoms with Crippen LogP contribution in [0.3, 0.4) is 0 Å². The minimum Gasteiger partial charge on any atom is -0.464 e. The minimum absolute atomic E-state index is 0.0280. The molecule has 0 saturated carbocycles. The molecule has 2 rings (SSSR count). The van der Waals surface area contributed by atoms with Gasteiger partial charge in [-0.25, -0.2) is 4.79 Å². The Morgan fingerprint density at radius 2 is 2.04 bits per heavy atom.